The fourth-order valence-electron chi connectivity index (χ4n) is 2.18. The van der Waals surface area contributed by atoms with Gasteiger partial charge in [0.1, 0.15) is 0 Å². The van der Waals surface area contributed by atoms with Crippen LogP contribution >= 0.6 is 0 Å². The van der Waals surface area contributed by atoms with E-state index in [4.69, 9.17) is 6.42 Å². The smallest absolute Gasteiger partial charge is 0.0601 e. The van der Waals surface area contributed by atoms with Crippen molar-refractivity contribution in [3.8, 4) is 12.3 Å². The van der Waals surface area contributed by atoms with Crippen molar-refractivity contribution in [3.05, 3.63) is 35.4 Å². The Balaban J connectivity index is 2.67. The molecule has 0 radical (unpaired) electrons. The first-order valence-corrected chi connectivity index (χ1v) is 7.25. The fourth-order valence-corrected chi connectivity index (χ4v) is 2.18. The normalized spacial score (nSPS) is 10.6. The molecule has 0 saturated carbocycles. The number of hydrogen-bond acceptors (Lipinski definition) is 2. The second kappa shape index (κ2) is 9.61. The molecule has 104 valence electrons. The Bertz CT molecular complexity index is 392. The zero-order chi connectivity index (χ0) is 13.9. The monoisotopic (exact) mass is 258 g/mol. The summed E-state index contributed by atoms with van der Waals surface area (Å²) < 4.78 is 0. The molecule has 0 saturated heterocycles. The third kappa shape index (κ3) is 5.92. The summed E-state index contributed by atoms with van der Waals surface area (Å²) in [6, 6.07) is 8.64. The molecule has 0 aliphatic carbocycles. The summed E-state index contributed by atoms with van der Waals surface area (Å²) in [7, 11) is 0. The van der Waals surface area contributed by atoms with Crippen LogP contribution in [0, 0.1) is 12.3 Å². The Kier molecular flexibility index (Phi) is 7.97. The van der Waals surface area contributed by atoms with E-state index in [-0.39, 0.29) is 0 Å². The van der Waals surface area contributed by atoms with E-state index in [2.05, 4.69) is 54.3 Å². The van der Waals surface area contributed by atoms with Crippen molar-refractivity contribution in [3.63, 3.8) is 0 Å². The molecule has 1 N–H and O–H groups in total. The van der Waals surface area contributed by atoms with Crippen molar-refractivity contribution in [2.45, 2.75) is 39.8 Å². The van der Waals surface area contributed by atoms with Gasteiger partial charge in [0.2, 0.25) is 0 Å². The highest BCUT2D eigenvalue weighted by molar-refractivity contribution is 5.27. The fraction of sp³-hybridized carbons (Fsp3) is 0.529. The maximum Gasteiger partial charge on any atom is 0.0601 e. The molecule has 0 bridgehead atoms. The first-order chi connectivity index (χ1) is 9.31. The maximum absolute atomic E-state index is 5.45. The first kappa shape index (κ1) is 15.8. The Labute approximate surface area is 118 Å². The summed E-state index contributed by atoms with van der Waals surface area (Å²) in [5.41, 5.74) is 2.77. The second-order valence-corrected chi connectivity index (χ2v) is 4.86. The van der Waals surface area contributed by atoms with Gasteiger partial charge in [-0.2, -0.15) is 0 Å². The molecule has 1 aromatic rings. The van der Waals surface area contributed by atoms with Crippen molar-refractivity contribution < 1.29 is 0 Å². The number of nitrogens with zero attached hydrogens (tertiary/aromatic N) is 1. The lowest BCUT2D eigenvalue weighted by Gasteiger charge is -2.21. The van der Waals surface area contributed by atoms with E-state index < -0.39 is 0 Å². The van der Waals surface area contributed by atoms with Gasteiger partial charge in [0.25, 0.3) is 0 Å². The average molecular weight is 258 g/mol. The highest BCUT2D eigenvalue weighted by atomic mass is 15.1. The van der Waals surface area contributed by atoms with Gasteiger partial charge in [0, 0.05) is 13.1 Å². The quantitative estimate of drug-likeness (QED) is 0.541. The average Bonchev–Trinajstić information content (AvgIpc) is 2.41. The van der Waals surface area contributed by atoms with Crippen LogP contribution in [0.4, 0.5) is 0 Å². The molecule has 0 aromatic heterocycles. The Morgan fingerprint density at radius 3 is 2.53 bits per heavy atom. The van der Waals surface area contributed by atoms with Gasteiger partial charge in [0.05, 0.1) is 6.54 Å². The van der Waals surface area contributed by atoms with Crippen LogP contribution in [0.5, 0.6) is 0 Å². The predicted octanol–water partition coefficient (Wildman–Crippen LogP) is 3.03. The first-order valence-electron chi connectivity index (χ1n) is 7.25. The number of hydrogen-bond donors (Lipinski definition) is 1. The van der Waals surface area contributed by atoms with Crippen molar-refractivity contribution in [1.29, 1.82) is 0 Å². The minimum atomic E-state index is 0.727. The summed E-state index contributed by atoms with van der Waals surface area (Å²) in [6.07, 6.45) is 7.75. The molecule has 0 unspecified atom stereocenters. The highest BCUT2D eigenvalue weighted by Crippen LogP contribution is 2.12. The van der Waals surface area contributed by atoms with Crippen LogP contribution in [0.2, 0.25) is 0 Å². The molecular formula is C17H26N2. The second-order valence-electron chi connectivity index (χ2n) is 4.86. The van der Waals surface area contributed by atoms with Gasteiger partial charge < -0.3 is 5.32 Å². The predicted molar refractivity (Wildman–Crippen MR) is 82.8 cm³/mol. The Hall–Kier alpha value is -1.30. The molecular weight excluding hydrogens is 232 g/mol. The SMILES string of the molecule is C#CCN(CCC)Cc1ccccc1CNCCC. The minimum absolute atomic E-state index is 0.727. The molecule has 0 aliphatic heterocycles. The molecule has 19 heavy (non-hydrogen) atoms. The van der Waals surface area contributed by atoms with E-state index in [0.29, 0.717) is 0 Å². The molecule has 0 spiro atoms. The Morgan fingerprint density at radius 2 is 1.89 bits per heavy atom. The number of nitrogens with one attached hydrogen (secondary N) is 1. The van der Waals surface area contributed by atoms with E-state index in [9.17, 15) is 0 Å². The third-order valence-electron chi connectivity index (χ3n) is 3.11. The van der Waals surface area contributed by atoms with Gasteiger partial charge in [-0.05, 0) is 37.1 Å². The topological polar surface area (TPSA) is 15.3 Å². The van der Waals surface area contributed by atoms with Crippen LogP contribution in [0.3, 0.4) is 0 Å². The van der Waals surface area contributed by atoms with Crippen LogP contribution in [0.1, 0.15) is 37.8 Å². The lowest BCUT2D eigenvalue weighted by Crippen LogP contribution is -2.25. The standard InChI is InChI=1S/C17H26N2/c1-4-11-18-14-16-9-7-8-10-17(16)15-19(12-5-2)13-6-3/h2,7-10,18H,4,6,11-15H2,1,3H3. The van der Waals surface area contributed by atoms with Gasteiger partial charge in [-0.15, -0.1) is 6.42 Å². The number of terminal acetylenes is 1. The van der Waals surface area contributed by atoms with Crippen molar-refractivity contribution in [2.75, 3.05) is 19.6 Å². The van der Waals surface area contributed by atoms with Gasteiger partial charge in [-0.1, -0.05) is 44.0 Å². The van der Waals surface area contributed by atoms with Crippen LogP contribution in [-0.4, -0.2) is 24.5 Å². The molecule has 0 heterocycles. The van der Waals surface area contributed by atoms with Crippen molar-refractivity contribution in [2.24, 2.45) is 0 Å². The summed E-state index contributed by atoms with van der Waals surface area (Å²) in [6.45, 7) is 9.12. The van der Waals surface area contributed by atoms with E-state index in [0.717, 1.165) is 39.1 Å². The molecule has 1 rings (SSSR count). The summed E-state index contributed by atoms with van der Waals surface area (Å²) in [4.78, 5) is 2.33. The zero-order valence-electron chi connectivity index (χ0n) is 12.3. The largest absolute Gasteiger partial charge is 0.313 e. The lowest BCUT2D eigenvalue weighted by atomic mass is 10.1. The van der Waals surface area contributed by atoms with Crippen LogP contribution in [-0.2, 0) is 13.1 Å². The molecule has 2 nitrogen and oxygen atoms in total. The zero-order valence-corrected chi connectivity index (χ0v) is 12.3. The van der Waals surface area contributed by atoms with Crippen LogP contribution in [0.15, 0.2) is 24.3 Å². The molecule has 0 amide bonds. The van der Waals surface area contributed by atoms with Gasteiger partial charge in [0.15, 0.2) is 0 Å². The van der Waals surface area contributed by atoms with E-state index in [1.165, 1.54) is 17.5 Å². The van der Waals surface area contributed by atoms with Crippen molar-refractivity contribution >= 4 is 0 Å². The molecule has 2 heteroatoms. The number of benzene rings is 1. The van der Waals surface area contributed by atoms with Gasteiger partial charge in [-0.25, -0.2) is 0 Å². The molecule has 1 aromatic carbocycles. The molecule has 0 atom stereocenters. The van der Waals surface area contributed by atoms with Crippen LogP contribution in [0.25, 0.3) is 0 Å². The maximum atomic E-state index is 5.45. The van der Waals surface area contributed by atoms with E-state index >= 15 is 0 Å². The Morgan fingerprint density at radius 1 is 1.16 bits per heavy atom. The van der Waals surface area contributed by atoms with Crippen molar-refractivity contribution in [1.82, 2.24) is 10.2 Å². The summed E-state index contributed by atoms with van der Waals surface area (Å²) in [5, 5.41) is 3.47. The number of rotatable bonds is 9. The van der Waals surface area contributed by atoms with E-state index in [1.54, 1.807) is 0 Å². The molecule has 0 aliphatic rings. The van der Waals surface area contributed by atoms with Gasteiger partial charge in [-0.3, -0.25) is 4.90 Å². The third-order valence-corrected chi connectivity index (χ3v) is 3.11. The van der Waals surface area contributed by atoms with E-state index in [1.807, 2.05) is 0 Å². The minimum Gasteiger partial charge on any atom is -0.313 e. The summed E-state index contributed by atoms with van der Waals surface area (Å²) in [5.74, 6) is 2.75. The molecule has 0 fully saturated rings. The van der Waals surface area contributed by atoms with Gasteiger partial charge >= 0.3 is 0 Å². The summed E-state index contributed by atoms with van der Waals surface area (Å²) >= 11 is 0. The highest BCUT2D eigenvalue weighted by Gasteiger charge is 2.07. The van der Waals surface area contributed by atoms with Crippen LogP contribution < -0.4 is 5.32 Å². The lowest BCUT2D eigenvalue weighted by molar-refractivity contribution is 0.298.